The summed E-state index contributed by atoms with van der Waals surface area (Å²) in [5.41, 5.74) is 0.964. The molecule has 0 unspecified atom stereocenters. The van der Waals surface area contributed by atoms with Crippen LogP contribution in [0.4, 0.5) is 0 Å². The lowest BCUT2D eigenvalue weighted by atomic mass is 10.1. The quantitative estimate of drug-likeness (QED) is 0.856. The molecule has 1 N–H and O–H groups in total. The first kappa shape index (κ1) is 15.6. The number of carbonyl (C=O) groups excluding carboxylic acids is 1. The second-order valence-electron chi connectivity index (χ2n) is 4.50. The first-order chi connectivity index (χ1) is 9.88. The summed E-state index contributed by atoms with van der Waals surface area (Å²) in [5.74, 6) is 0.521. The van der Waals surface area contributed by atoms with Gasteiger partial charge in [0.15, 0.2) is 0 Å². The van der Waals surface area contributed by atoms with E-state index in [4.69, 9.17) is 15.1 Å². The summed E-state index contributed by atoms with van der Waals surface area (Å²) in [6, 6.07) is 7.76. The Morgan fingerprint density at radius 2 is 2.10 bits per heavy atom. The first-order valence-corrected chi connectivity index (χ1v) is 8.55. The fourth-order valence-electron chi connectivity index (χ4n) is 1.89. The third-order valence-electron chi connectivity index (χ3n) is 2.96. The molecule has 2 aromatic rings. The van der Waals surface area contributed by atoms with E-state index >= 15 is 0 Å². The standard InChI is InChI=1S/C14H14ClNO4S/c1-10-9-12(21(15,18)19)4-5-13(10)14(17)16-7-6-11-3-2-8-20-11/h2-5,8-9H,6-7H2,1H3,(H,16,17). The lowest BCUT2D eigenvalue weighted by Gasteiger charge is -2.08. The third kappa shape index (κ3) is 4.09. The van der Waals surface area contributed by atoms with E-state index in [2.05, 4.69) is 5.32 Å². The Hall–Kier alpha value is -1.79. The van der Waals surface area contributed by atoms with Gasteiger partial charge in [-0.2, -0.15) is 0 Å². The smallest absolute Gasteiger partial charge is 0.261 e. The molecule has 0 fully saturated rings. The number of nitrogens with one attached hydrogen (secondary N) is 1. The molecule has 0 saturated heterocycles. The van der Waals surface area contributed by atoms with E-state index in [1.165, 1.54) is 18.2 Å². The van der Waals surface area contributed by atoms with Crippen LogP contribution in [-0.4, -0.2) is 20.9 Å². The Bertz CT molecular complexity index is 738. The van der Waals surface area contributed by atoms with Gasteiger partial charge in [-0.1, -0.05) is 0 Å². The van der Waals surface area contributed by atoms with Crippen molar-refractivity contribution in [1.82, 2.24) is 5.32 Å². The molecule has 21 heavy (non-hydrogen) atoms. The number of carbonyl (C=O) groups is 1. The van der Waals surface area contributed by atoms with Gasteiger partial charge in [0.25, 0.3) is 15.0 Å². The lowest BCUT2D eigenvalue weighted by molar-refractivity contribution is 0.0953. The van der Waals surface area contributed by atoms with Gasteiger partial charge in [0.2, 0.25) is 0 Å². The van der Waals surface area contributed by atoms with Crippen molar-refractivity contribution < 1.29 is 17.6 Å². The van der Waals surface area contributed by atoms with E-state index in [0.717, 1.165) is 5.76 Å². The van der Waals surface area contributed by atoms with Crippen LogP contribution >= 0.6 is 10.7 Å². The maximum atomic E-state index is 12.0. The number of rotatable bonds is 5. The maximum Gasteiger partial charge on any atom is 0.261 e. The van der Waals surface area contributed by atoms with Crippen molar-refractivity contribution >= 4 is 25.6 Å². The van der Waals surface area contributed by atoms with Gasteiger partial charge in [-0.05, 0) is 42.8 Å². The van der Waals surface area contributed by atoms with E-state index in [1.807, 2.05) is 6.07 Å². The third-order valence-corrected chi connectivity index (χ3v) is 4.31. The molecule has 0 saturated carbocycles. The zero-order valence-electron chi connectivity index (χ0n) is 11.3. The molecule has 5 nitrogen and oxygen atoms in total. The van der Waals surface area contributed by atoms with E-state index < -0.39 is 9.05 Å². The van der Waals surface area contributed by atoms with Crippen LogP contribution < -0.4 is 5.32 Å². The highest BCUT2D eigenvalue weighted by Crippen LogP contribution is 2.18. The molecule has 0 aliphatic rings. The molecule has 1 heterocycles. The van der Waals surface area contributed by atoms with Crippen molar-refractivity contribution in [3.8, 4) is 0 Å². The van der Waals surface area contributed by atoms with Crippen LogP contribution in [0.15, 0.2) is 45.9 Å². The summed E-state index contributed by atoms with van der Waals surface area (Å²) in [6.07, 6.45) is 2.17. The number of amides is 1. The summed E-state index contributed by atoms with van der Waals surface area (Å²) < 4.78 is 27.6. The zero-order valence-corrected chi connectivity index (χ0v) is 12.9. The maximum absolute atomic E-state index is 12.0. The first-order valence-electron chi connectivity index (χ1n) is 6.24. The van der Waals surface area contributed by atoms with Crippen molar-refractivity contribution in [2.75, 3.05) is 6.54 Å². The fourth-order valence-corrected chi connectivity index (χ4v) is 2.73. The molecule has 0 radical (unpaired) electrons. The summed E-state index contributed by atoms with van der Waals surface area (Å²) in [4.78, 5) is 12.0. The second kappa shape index (κ2) is 6.32. The second-order valence-corrected chi connectivity index (χ2v) is 7.07. The van der Waals surface area contributed by atoms with Crippen molar-refractivity contribution in [1.29, 1.82) is 0 Å². The average Bonchev–Trinajstić information content (AvgIpc) is 2.90. The number of halogens is 1. The normalized spacial score (nSPS) is 11.3. The largest absolute Gasteiger partial charge is 0.469 e. The Labute approximate surface area is 127 Å². The Morgan fingerprint density at radius 1 is 1.33 bits per heavy atom. The summed E-state index contributed by atoms with van der Waals surface area (Å²) in [7, 11) is 1.48. The van der Waals surface area contributed by atoms with Crippen LogP contribution in [0.3, 0.4) is 0 Å². The van der Waals surface area contributed by atoms with Gasteiger partial charge in [0, 0.05) is 29.2 Å². The molecular weight excluding hydrogens is 314 g/mol. The number of hydrogen-bond donors (Lipinski definition) is 1. The minimum atomic E-state index is -3.79. The molecule has 1 amide bonds. The highest BCUT2D eigenvalue weighted by molar-refractivity contribution is 8.13. The molecule has 0 bridgehead atoms. The number of hydrogen-bond acceptors (Lipinski definition) is 4. The van der Waals surface area contributed by atoms with Crippen molar-refractivity contribution in [3.05, 3.63) is 53.5 Å². The Morgan fingerprint density at radius 3 is 2.67 bits per heavy atom. The van der Waals surface area contributed by atoms with Crippen molar-refractivity contribution in [2.45, 2.75) is 18.2 Å². The van der Waals surface area contributed by atoms with Gasteiger partial charge in [-0.15, -0.1) is 0 Å². The molecule has 0 spiro atoms. The molecule has 2 rings (SSSR count). The van der Waals surface area contributed by atoms with Gasteiger partial charge in [-0.25, -0.2) is 8.42 Å². The predicted octanol–water partition coefficient (Wildman–Crippen LogP) is 2.49. The van der Waals surface area contributed by atoms with Crippen LogP contribution in [0.25, 0.3) is 0 Å². The summed E-state index contributed by atoms with van der Waals surface area (Å²) in [6.45, 7) is 2.09. The van der Waals surface area contributed by atoms with Crippen LogP contribution in [0.2, 0.25) is 0 Å². The van der Waals surface area contributed by atoms with Crippen LogP contribution in [0.1, 0.15) is 21.7 Å². The topological polar surface area (TPSA) is 76.4 Å². The van der Waals surface area contributed by atoms with Crippen LogP contribution in [0.5, 0.6) is 0 Å². The van der Waals surface area contributed by atoms with Crippen molar-refractivity contribution in [3.63, 3.8) is 0 Å². The van der Waals surface area contributed by atoms with Crippen LogP contribution in [-0.2, 0) is 15.5 Å². The molecule has 0 atom stereocenters. The number of furan rings is 1. The monoisotopic (exact) mass is 327 g/mol. The molecule has 0 aliphatic carbocycles. The number of aryl methyl sites for hydroxylation is 1. The predicted molar refractivity (Wildman–Crippen MR) is 79.0 cm³/mol. The van der Waals surface area contributed by atoms with Crippen molar-refractivity contribution in [2.24, 2.45) is 0 Å². The van der Waals surface area contributed by atoms with Gasteiger partial charge in [0.05, 0.1) is 11.2 Å². The van der Waals surface area contributed by atoms with E-state index in [-0.39, 0.29) is 10.8 Å². The summed E-state index contributed by atoms with van der Waals surface area (Å²) >= 11 is 0. The molecule has 7 heteroatoms. The van der Waals surface area contributed by atoms with Crippen LogP contribution in [0, 0.1) is 6.92 Å². The lowest BCUT2D eigenvalue weighted by Crippen LogP contribution is -2.26. The molecular formula is C14H14ClNO4S. The average molecular weight is 328 g/mol. The minimum absolute atomic E-state index is 0.0196. The molecule has 1 aromatic heterocycles. The zero-order chi connectivity index (χ0) is 15.5. The highest BCUT2D eigenvalue weighted by Gasteiger charge is 2.14. The molecule has 0 aliphatic heterocycles. The van der Waals surface area contributed by atoms with Gasteiger partial charge in [0.1, 0.15) is 5.76 Å². The Balaban J connectivity index is 2.02. The highest BCUT2D eigenvalue weighted by atomic mass is 35.7. The molecule has 1 aromatic carbocycles. The fraction of sp³-hybridized carbons (Fsp3) is 0.214. The SMILES string of the molecule is Cc1cc(S(=O)(=O)Cl)ccc1C(=O)NCCc1ccco1. The van der Waals surface area contributed by atoms with Gasteiger partial charge < -0.3 is 9.73 Å². The van der Waals surface area contributed by atoms with E-state index in [1.54, 1.807) is 19.3 Å². The Kier molecular flexibility index (Phi) is 4.69. The minimum Gasteiger partial charge on any atom is -0.469 e. The van der Waals surface area contributed by atoms with E-state index in [9.17, 15) is 13.2 Å². The summed E-state index contributed by atoms with van der Waals surface area (Å²) in [5, 5.41) is 2.75. The molecule has 112 valence electrons. The van der Waals surface area contributed by atoms with Gasteiger partial charge in [-0.3, -0.25) is 4.79 Å². The van der Waals surface area contributed by atoms with E-state index in [0.29, 0.717) is 24.1 Å². The number of benzene rings is 1. The van der Waals surface area contributed by atoms with Gasteiger partial charge >= 0.3 is 0 Å².